The average molecular weight is 247 g/mol. The smallest absolute Gasteiger partial charge is 0.140 e. The fraction of sp³-hybridized carbons (Fsp3) is 0.800. The van der Waals surface area contributed by atoms with E-state index in [1.165, 1.54) is 0 Å². The van der Waals surface area contributed by atoms with Gasteiger partial charge in [0.25, 0.3) is 0 Å². The van der Waals surface area contributed by atoms with E-state index >= 15 is 0 Å². The van der Waals surface area contributed by atoms with Gasteiger partial charge < -0.3 is 10.1 Å². The van der Waals surface area contributed by atoms with E-state index < -0.39 is 0 Å². The maximum absolute atomic E-state index is 5.48. The highest BCUT2D eigenvalue weighted by molar-refractivity contribution is 6.17. The maximum atomic E-state index is 5.48. The summed E-state index contributed by atoms with van der Waals surface area (Å²) in [5.74, 6) is 1.52. The van der Waals surface area contributed by atoms with Gasteiger partial charge in [-0.1, -0.05) is 6.92 Å². The number of aryl methyl sites for hydroxylation is 1. The van der Waals surface area contributed by atoms with Crippen molar-refractivity contribution in [2.75, 3.05) is 25.6 Å². The molecule has 0 spiro atoms. The van der Waals surface area contributed by atoms with Gasteiger partial charge in [-0.3, -0.25) is 0 Å². The van der Waals surface area contributed by atoms with Gasteiger partial charge in [-0.15, -0.1) is 11.6 Å². The molecule has 0 amide bonds. The molecule has 1 heterocycles. The lowest BCUT2D eigenvalue weighted by Crippen LogP contribution is -2.22. The van der Waals surface area contributed by atoms with E-state index in [-0.39, 0.29) is 0 Å². The first-order valence-electron chi connectivity index (χ1n) is 5.59. The summed E-state index contributed by atoms with van der Waals surface area (Å²) in [6, 6.07) is 0. The SMILES string of the molecule is CCCn1ncnc1CNCCOCCCl. The molecule has 1 rings (SSSR count). The lowest BCUT2D eigenvalue weighted by Gasteiger charge is -2.06. The Bertz CT molecular complexity index is 280. The summed E-state index contributed by atoms with van der Waals surface area (Å²) in [6.45, 7) is 5.85. The molecule has 0 bridgehead atoms. The summed E-state index contributed by atoms with van der Waals surface area (Å²) >= 11 is 5.48. The molecule has 0 saturated heterocycles. The monoisotopic (exact) mass is 246 g/mol. The van der Waals surface area contributed by atoms with Gasteiger partial charge in [-0.05, 0) is 6.42 Å². The van der Waals surface area contributed by atoms with Crippen molar-refractivity contribution < 1.29 is 4.74 Å². The van der Waals surface area contributed by atoms with E-state index in [9.17, 15) is 0 Å². The van der Waals surface area contributed by atoms with Gasteiger partial charge >= 0.3 is 0 Å². The standard InChI is InChI=1S/C10H19ClN4O/c1-2-5-15-10(13-9-14-15)8-12-4-7-16-6-3-11/h9,12H,2-8H2,1H3. The highest BCUT2D eigenvalue weighted by atomic mass is 35.5. The van der Waals surface area contributed by atoms with Crippen molar-refractivity contribution in [1.29, 1.82) is 0 Å². The van der Waals surface area contributed by atoms with Crippen molar-refractivity contribution in [3.05, 3.63) is 12.2 Å². The van der Waals surface area contributed by atoms with Gasteiger partial charge in [0.15, 0.2) is 0 Å². The minimum absolute atomic E-state index is 0.546. The number of nitrogens with zero attached hydrogens (tertiary/aromatic N) is 3. The zero-order chi connectivity index (χ0) is 11.6. The molecular formula is C10H19ClN4O. The van der Waals surface area contributed by atoms with Crippen LogP contribution in [0.5, 0.6) is 0 Å². The summed E-state index contributed by atoms with van der Waals surface area (Å²) in [7, 11) is 0. The van der Waals surface area contributed by atoms with Crippen molar-refractivity contribution in [2.45, 2.75) is 26.4 Å². The number of hydrogen-bond acceptors (Lipinski definition) is 4. The largest absolute Gasteiger partial charge is 0.379 e. The molecule has 0 aliphatic rings. The van der Waals surface area contributed by atoms with Crippen LogP contribution in [0.15, 0.2) is 6.33 Å². The maximum Gasteiger partial charge on any atom is 0.140 e. The van der Waals surface area contributed by atoms with Crippen LogP contribution < -0.4 is 5.32 Å². The van der Waals surface area contributed by atoms with Crippen LogP contribution in [0.25, 0.3) is 0 Å². The van der Waals surface area contributed by atoms with Crippen LogP contribution in [0.1, 0.15) is 19.2 Å². The van der Waals surface area contributed by atoms with Gasteiger partial charge in [0.2, 0.25) is 0 Å². The zero-order valence-corrected chi connectivity index (χ0v) is 10.4. The van der Waals surface area contributed by atoms with E-state index in [2.05, 4.69) is 22.3 Å². The molecule has 0 unspecified atom stereocenters. The Balaban J connectivity index is 2.13. The molecule has 0 aliphatic heterocycles. The van der Waals surface area contributed by atoms with Crippen LogP contribution in [0.3, 0.4) is 0 Å². The number of hydrogen-bond donors (Lipinski definition) is 1. The Labute approximate surface area is 101 Å². The Hall–Kier alpha value is -0.650. The number of nitrogens with one attached hydrogen (secondary N) is 1. The summed E-state index contributed by atoms with van der Waals surface area (Å²) in [6.07, 6.45) is 2.66. The van der Waals surface area contributed by atoms with Crippen molar-refractivity contribution >= 4 is 11.6 Å². The van der Waals surface area contributed by atoms with Crippen molar-refractivity contribution in [1.82, 2.24) is 20.1 Å². The molecule has 1 aromatic heterocycles. The van der Waals surface area contributed by atoms with E-state index in [0.29, 0.717) is 19.1 Å². The van der Waals surface area contributed by atoms with Crippen LogP contribution in [-0.4, -0.2) is 40.4 Å². The average Bonchev–Trinajstić information content (AvgIpc) is 2.72. The first-order valence-corrected chi connectivity index (χ1v) is 6.13. The van der Waals surface area contributed by atoms with Crippen LogP contribution >= 0.6 is 11.6 Å². The zero-order valence-electron chi connectivity index (χ0n) is 9.65. The third-order valence-corrected chi connectivity index (χ3v) is 2.21. The minimum atomic E-state index is 0.546. The molecule has 16 heavy (non-hydrogen) atoms. The minimum Gasteiger partial charge on any atom is -0.379 e. The normalized spacial score (nSPS) is 10.9. The molecule has 0 fully saturated rings. The second-order valence-corrected chi connectivity index (χ2v) is 3.76. The van der Waals surface area contributed by atoms with Crippen LogP contribution in [-0.2, 0) is 17.8 Å². The molecule has 0 aromatic carbocycles. The van der Waals surface area contributed by atoms with E-state index in [0.717, 1.165) is 31.9 Å². The molecule has 0 saturated carbocycles. The fourth-order valence-corrected chi connectivity index (χ4v) is 1.43. The molecule has 1 N–H and O–H groups in total. The highest BCUT2D eigenvalue weighted by Crippen LogP contribution is 1.95. The molecule has 1 aromatic rings. The molecule has 5 nitrogen and oxygen atoms in total. The topological polar surface area (TPSA) is 52.0 Å². The Kier molecular flexibility index (Phi) is 7.12. The van der Waals surface area contributed by atoms with E-state index in [1.54, 1.807) is 6.33 Å². The molecule has 0 atom stereocenters. The summed E-state index contributed by atoms with van der Waals surface area (Å²) in [4.78, 5) is 4.20. The molecule has 0 radical (unpaired) electrons. The quantitative estimate of drug-likeness (QED) is 0.523. The lowest BCUT2D eigenvalue weighted by atomic mass is 10.4. The number of aromatic nitrogens is 3. The van der Waals surface area contributed by atoms with E-state index in [4.69, 9.17) is 16.3 Å². The number of rotatable bonds is 9. The summed E-state index contributed by atoms with van der Waals surface area (Å²) < 4.78 is 7.17. The van der Waals surface area contributed by atoms with Gasteiger partial charge in [0.05, 0.1) is 19.8 Å². The predicted molar refractivity (Wildman–Crippen MR) is 63.6 cm³/mol. The second-order valence-electron chi connectivity index (χ2n) is 3.38. The van der Waals surface area contributed by atoms with Crippen LogP contribution in [0.4, 0.5) is 0 Å². The van der Waals surface area contributed by atoms with Crippen molar-refractivity contribution in [3.63, 3.8) is 0 Å². The number of ether oxygens (including phenoxy) is 1. The third kappa shape index (κ3) is 4.92. The third-order valence-electron chi connectivity index (χ3n) is 2.06. The van der Waals surface area contributed by atoms with Gasteiger partial charge in [-0.2, -0.15) is 5.10 Å². The van der Waals surface area contributed by atoms with Crippen LogP contribution in [0, 0.1) is 0 Å². The summed E-state index contributed by atoms with van der Waals surface area (Å²) in [5.41, 5.74) is 0. The van der Waals surface area contributed by atoms with Gasteiger partial charge in [-0.25, -0.2) is 9.67 Å². The first-order chi connectivity index (χ1) is 7.88. The number of alkyl halides is 1. The van der Waals surface area contributed by atoms with Crippen LogP contribution in [0.2, 0.25) is 0 Å². The van der Waals surface area contributed by atoms with E-state index in [1.807, 2.05) is 4.68 Å². The molecule has 0 aliphatic carbocycles. The van der Waals surface area contributed by atoms with Crippen molar-refractivity contribution in [2.24, 2.45) is 0 Å². The van der Waals surface area contributed by atoms with Gasteiger partial charge in [0, 0.05) is 19.0 Å². The second kappa shape index (κ2) is 8.50. The molecule has 92 valence electrons. The van der Waals surface area contributed by atoms with Gasteiger partial charge in [0.1, 0.15) is 12.2 Å². The Morgan fingerprint density at radius 3 is 3.12 bits per heavy atom. The Morgan fingerprint density at radius 1 is 1.50 bits per heavy atom. The van der Waals surface area contributed by atoms with Crippen molar-refractivity contribution in [3.8, 4) is 0 Å². The first kappa shape index (κ1) is 13.4. The predicted octanol–water partition coefficient (Wildman–Crippen LogP) is 1.03. The Morgan fingerprint density at radius 2 is 2.38 bits per heavy atom. The number of halogens is 1. The molecular weight excluding hydrogens is 228 g/mol. The lowest BCUT2D eigenvalue weighted by molar-refractivity contribution is 0.150. The highest BCUT2D eigenvalue weighted by Gasteiger charge is 2.01. The molecule has 6 heteroatoms. The fourth-order valence-electron chi connectivity index (χ4n) is 1.32. The summed E-state index contributed by atoms with van der Waals surface area (Å²) in [5, 5.41) is 7.41.